The van der Waals surface area contributed by atoms with Gasteiger partial charge in [0.05, 0.1) is 5.69 Å². The summed E-state index contributed by atoms with van der Waals surface area (Å²) in [6.07, 6.45) is 7.57. The van der Waals surface area contributed by atoms with Crippen LogP contribution >= 0.6 is 0 Å². The molecule has 5 heteroatoms. The van der Waals surface area contributed by atoms with Crippen molar-refractivity contribution in [3.63, 3.8) is 0 Å². The molecule has 4 heterocycles. The molecule has 1 saturated heterocycles. The van der Waals surface area contributed by atoms with Gasteiger partial charge in [0.2, 0.25) is 5.91 Å². The van der Waals surface area contributed by atoms with Crippen LogP contribution in [0.3, 0.4) is 0 Å². The van der Waals surface area contributed by atoms with Gasteiger partial charge in [0.1, 0.15) is 5.65 Å². The molecular weight excluding hydrogens is 336 g/mol. The van der Waals surface area contributed by atoms with E-state index >= 15 is 0 Å². The van der Waals surface area contributed by atoms with Gasteiger partial charge >= 0.3 is 0 Å². The third-order valence-corrected chi connectivity index (χ3v) is 5.61. The molecule has 0 radical (unpaired) electrons. The van der Waals surface area contributed by atoms with E-state index in [0.29, 0.717) is 19.0 Å². The topological polar surface area (TPSA) is 51.0 Å². The highest BCUT2D eigenvalue weighted by Gasteiger charge is 2.23. The highest BCUT2D eigenvalue weighted by atomic mass is 16.2. The zero-order valence-corrected chi connectivity index (χ0v) is 16.1. The normalized spacial score (nSPS) is 17.4. The molecule has 1 aliphatic heterocycles. The van der Waals surface area contributed by atoms with E-state index in [4.69, 9.17) is 0 Å². The molecule has 1 atom stereocenters. The standard InChI is InChI=1S/C22H26N4O/c1-16-7-3-4-13-25(16)21(27)10-14-26-20(19-9-6-11-23-17(19)2)15-18-8-5-12-24-22(18)26/h5-6,8-9,11-12,15-16H,3-4,7,10,13-14H2,1-2H3. The Hall–Kier alpha value is -2.69. The van der Waals surface area contributed by atoms with Crippen molar-refractivity contribution >= 4 is 16.9 Å². The lowest BCUT2D eigenvalue weighted by atomic mass is 10.0. The van der Waals surface area contributed by atoms with E-state index in [2.05, 4.69) is 44.6 Å². The SMILES string of the molecule is Cc1ncccc1-c1cc2cccnc2n1CCC(=O)N1CCCCC1C. The molecule has 0 aromatic carbocycles. The van der Waals surface area contributed by atoms with Gasteiger partial charge in [-0.1, -0.05) is 0 Å². The van der Waals surface area contributed by atoms with Gasteiger partial charge in [-0.3, -0.25) is 9.78 Å². The maximum Gasteiger partial charge on any atom is 0.224 e. The van der Waals surface area contributed by atoms with Crippen LogP contribution < -0.4 is 0 Å². The molecular formula is C22H26N4O. The van der Waals surface area contributed by atoms with E-state index in [1.54, 1.807) is 0 Å². The summed E-state index contributed by atoms with van der Waals surface area (Å²) < 4.78 is 2.17. The highest BCUT2D eigenvalue weighted by molar-refractivity contribution is 5.85. The van der Waals surface area contributed by atoms with Crippen LogP contribution in [0.1, 0.15) is 38.3 Å². The van der Waals surface area contributed by atoms with E-state index in [1.165, 1.54) is 6.42 Å². The van der Waals surface area contributed by atoms with Crippen molar-refractivity contribution in [1.29, 1.82) is 0 Å². The number of piperidine rings is 1. The van der Waals surface area contributed by atoms with E-state index in [9.17, 15) is 4.79 Å². The van der Waals surface area contributed by atoms with Crippen LogP contribution in [0, 0.1) is 6.92 Å². The Labute approximate surface area is 160 Å². The van der Waals surface area contributed by atoms with Gasteiger partial charge in [0, 0.05) is 54.6 Å². The number of likely N-dealkylation sites (tertiary alicyclic amines) is 1. The molecule has 3 aromatic heterocycles. The lowest BCUT2D eigenvalue weighted by Crippen LogP contribution is -2.42. The monoisotopic (exact) mass is 362 g/mol. The van der Waals surface area contributed by atoms with Crippen LogP contribution in [0.25, 0.3) is 22.3 Å². The number of rotatable bonds is 4. The minimum absolute atomic E-state index is 0.244. The smallest absolute Gasteiger partial charge is 0.224 e. The van der Waals surface area contributed by atoms with Gasteiger partial charge in [-0.2, -0.15) is 0 Å². The zero-order valence-electron chi connectivity index (χ0n) is 16.1. The predicted octanol–water partition coefficient (Wildman–Crippen LogP) is 4.20. The molecule has 27 heavy (non-hydrogen) atoms. The summed E-state index contributed by atoms with van der Waals surface area (Å²) in [5.41, 5.74) is 4.08. The molecule has 1 fully saturated rings. The van der Waals surface area contributed by atoms with Crippen molar-refractivity contribution in [3.05, 3.63) is 48.4 Å². The number of carbonyl (C=O) groups is 1. The number of hydrogen-bond acceptors (Lipinski definition) is 3. The van der Waals surface area contributed by atoms with Gasteiger partial charge in [0.25, 0.3) is 0 Å². The Morgan fingerprint density at radius 2 is 2.00 bits per heavy atom. The summed E-state index contributed by atoms with van der Waals surface area (Å²) in [4.78, 5) is 23.9. The van der Waals surface area contributed by atoms with Crippen LogP contribution in [-0.4, -0.2) is 37.9 Å². The second-order valence-electron chi connectivity index (χ2n) is 7.42. The number of nitrogens with zero attached hydrogens (tertiary/aromatic N) is 4. The molecule has 3 aromatic rings. The maximum atomic E-state index is 12.8. The van der Waals surface area contributed by atoms with Gasteiger partial charge in [-0.25, -0.2) is 4.98 Å². The molecule has 1 unspecified atom stereocenters. The molecule has 0 spiro atoms. The van der Waals surface area contributed by atoms with E-state index in [0.717, 1.165) is 47.4 Å². The fourth-order valence-electron chi connectivity index (χ4n) is 4.11. The fraction of sp³-hybridized carbons (Fsp3) is 0.409. The van der Waals surface area contributed by atoms with Crippen molar-refractivity contribution in [2.75, 3.05) is 6.54 Å². The number of pyridine rings is 2. The third-order valence-electron chi connectivity index (χ3n) is 5.61. The van der Waals surface area contributed by atoms with Gasteiger partial charge in [-0.15, -0.1) is 0 Å². The number of carbonyl (C=O) groups excluding carboxylic acids is 1. The predicted molar refractivity (Wildman–Crippen MR) is 107 cm³/mol. The summed E-state index contributed by atoms with van der Waals surface area (Å²) in [7, 11) is 0. The first-order valence-corrected chi connectivity index (χ1v) is 9.81. The van der Waals surface area contributed by atoms with Crippen molar-refractivity contribution in [3.8, 4) is 11.3 Å². The molecule has 5 nitrogen and oxygen atoms in total. The Kier molecular flexibility index (Phi) is 4.92. The van der Waals surface area contributed by atoms with Crippen LogP contribution in [0.5, 0.6) is 0 Å². The average Bonchev–Trinajstić information content (AvgIpc) is 3.05. The molecule has 140 valence electrons. The number of hydrogen-bond donors (Lipinski definition) is 0. The van der Waals surface area contributed by atoms with Gasteiger partial charge < -0.3 is 9.47 Å². The minimum Gasteiger partial charge on any atom is -0.340 e. The molecule has 0 bridgehead atoms. The van der Waals surface area contributed by atoms with E-state index < -0.39 is 0 Å². The summed E-state index contributed by atoms with van der Waals surface area (Å²) >= 11 is 0. The summed E-state index contributed by atoms with van der Waals surface area (Å²) in [5.74, 6) is 0.244. The van der Waals surface area contributed by atoms with Crippen LogP contribution in [0.4, 0.5) is 0 Å². The summed E-state index contributed by atoms with van der Waals surface area (Å²) in [6.45, 7) is 5.70. The van der Waals surface area contributed by atoms with Crippen LogP contribution in [0.2, 0.25) is 0 Å². The largest absolute Gasteiger partial charge is 0.340 e. The molecule has 0 aliphatic carbocycles. The molecule has 4 rings (SSSR count). The van der Waals surface area contributed by atoms with Crippen LogP contribution in [0.15, 0.2) is 42.7 Å². The second kappa shape index (κ2) is 7.51. The maximum absolute atomic E-state index is 12.8. The second-order valence-corrected chi connectivity index (χ2v) is 7.42. The number of fused-ring (bicyclic) bond motifs is 1. The number of aromatic nitrogens is 3. The Bertz CT molecular complexity index is 962. The highest BCUT2D eigenvalue weighted by Crippen LogP contribution is 2.29. The number of amides is 1. The minimum atomic E-state index is 0.244. The molecule has 1 aliphatic rings. The van der Waals surface area contributed by atoms with Crippen molar-refractivity contribution in [2.24, 2.45) is 0 Å². The quantitative estimate of drug-likeness (QED) is 0.699. The molecule has 1 amide bonds. The lowest BCUT2D eigenvalue weighted by molar-refractivity contribution is -0.134. The van der Waals surface area contributed by atoms with Gasteiger partial charge in [0.15, 0.2) is 0 Å². The van der Waals surface area contributed by atoms with E-state index in [1.807, 2.05) is 31.5 Å². The summed E-state index contributed by atoms with van der Waals surface area (Å²) in [5, 5.41) is 1.09. The van der Waals surface area contributed by atoms with Gasteiger partial charge in [-0.05, 0) is 63.4 Å². The third kappa shape index (κ3) is 3.46. The first-order valence-electron chi connectivity index (χ1n) is 9.81. The average molecular weight is 362 g/mol. The first kappa shape index (κ1) is 17.7. The molecule has 0 saturated carbocycles. The van der Waals surface area contributed by atoms with Crippen molar-refractivity contribution in [1.82, 2.24) is 19.4 Å². The summed E-state index contributed by atoms with van der Waals surface area (Å²) in [6, 6.07) is 10.6. The zero-order chi connectivity index (χ0) is 18.8. The fourth-order valence-corrected chi connectivity index (χ4v) is 4.11. The van der Waals surface area contributed by atoms with Crippen LogP contribution in [-0.2, 0) is 11.3 Å². The van der Waals surface area contributed by atoms with E-state index in [-0.39, 0.29) is 5.91 Å². The Morgan fingerprint density at radius 3 is 2.81 bits per heavy atom. The van der Waals surface area contributed by atoms with Crippen molar-refractivity contribution in [2.45, 2.75) is 52.1 Å². The molecule has 0 N–H and O–H groups in total. The first-order chi connectivity index (χ1) is 13.1. The lowest BCUT2D eigenvalue weighted by Gasteiger charge is -2.33. The Balaban J connectivity index is 1.65. The Morgan fingerprint density at radius 1 is 1.19 bits per heavy atom. The van der Waals surface area contributed by atoms with Crippen molar-refractivity contribution < 1.29 is 4.79 Å². The number of aryl methyl sites for hydroxylation is 2.